The van der Waals surface area contributed by atoms with Gasteiger partial charge in [-0.05, 0) is 72.2 Å². The molecule has 6 N–H and O–H groups in total. The Kier molecular flexibility index (Phi) is 10.7. The number of aromatic hydroxyl groups is 1. The van der Waals surface area contributed by atoms with Crippen molar-refractivity contribution in [3.8, 4) is 5.75 Å². The minimum Gasteiger partial charge on any atom is -0.508 e. The van der Waals surface area contributed by atoms with Crippen LogP contribution in [0.3, 0.4) is 0 Å². The van der Waals surface area contributed by atoms with Crippen LogP contribution in [0, 0.1) is 11.8 Å². The van der Waals surface area contributed by atoms with Crippen LogP contribution in [-0.2, 0) is 27.3 Å². The first-order valence-corrected chi connectivity index (χ1v) is 15.1. The molecule has 0 unspecified atom stereocenters. The van der Waals surface area contributed by atoms with E-state index in [0.717, 1.165) is 16.8 Å². The number of fused-ring (bicyclic) bond motifs is 3. The number of carbonyl (C=O) groups is 3. The molecule has 3 aliphatic carbocycles. The highest BCUT2D eigenvalue weighted by molar-refractivity contribution is 6.24. The number of carbonyl (C=O) groups excluding carboxylic acids is 3. The summed E-state index contributed by atoms with van der Waals surface area (Å²) < 4.78 is 0. The minimum atomic E-state index is -2.67. The van der Waals surface area contributed by atoms with Crippen molar-refractivity contribution in [2.24, 2.45) is 17.6 Å². The van der Waals surface area contributed by atoms with E-state index in [1.54, 1.807) is 14.1 Å². The summed E-state index contributed by atoms with van der Waals surface area (Å²) in [5.74, 6) is -6.58. The molecule has 252 valence electrons. The van der Waals surface area contributed by atoms with Gasteiger partial charge in [0.2, 0.25) is 5.78 Å². The van der Waals surface area contributed by atoms with E-state index in [0.29, 0.717) is 30.8 Å². The first-order chi connectivity index (χ1) is 20.9. The molecule has 4 rings (SSSR count). The predicted octanol–water partition coefficient (Wildman–Crippen LogP) is 3.40. The lowest BCUT2D eigenvalue weighted by Crippen LogP contribution is -2.65. The fourth-order valence-corrected chi connectivity index (χ4v) is 6.93. The van der Waals surface area contributed by atoms with E-state index in [4.69, 9.17) is 5.73 Å². The number of allylic oxidation sites excluding steroid dienone is 2. The van der Waals surface area contributed by atoms with Crippen molar-refractivity contribution in [2.75, 3.05) is 46.2 Å². The highest BCUT2D eigenvalue weighted by atomic mass is 16.3. The summed E-state index contributed by atoms with van der Waals surface area (Å²) in [6.45, 7) is 9.66. The number of nitrogens with two attached hydrogens (primary N) is 1. The number of benzene rings is 1. The number of hydrogen-bond donors (Lipinski definition) is 5. The van der Waals surface area contributed by atoms with Crippen molar-refractivity contribution in [3.63, 3.8) is 0 Å². The van der Waals surface area contributed by atoms with Gasteiger partial charge >= 0.3 is 0 Å². The van der Waals surface area contributed by atoms with Crippen LogP contribution in [0.4, 0.5) is 5.69 Å². The van der Waals surface area contributed by atoms with Crippen LogP contribution in [0.25, 0.3) is 5.76 Å². The molecule has 0 bridgehead atoms. The number of aliphatic hydroxyl groups is 3. The van der Waals surface area contributed by atoms with E-state index < -0.39 is 58.0 Å². The third-order valence-electron chi connectivity index (χ3n) is 9.17. The second-order valence-electron chi connectivity index (χ2n) is 13.4. The number of hydrogen-bond acceptors (Lipinski definition) is 10. The molecule has 0 heterocycles. The molecule has 0 saturated heterocycles. The number of amides is 1. The smallest absolute Gasteiger partial charge is 0.255 e. The van der Waals surface area contributed by atoms with Crippen molar-refractivity contribution in [1.82, 2.24) is 9.80 Å². The second kappa shape index (κ2) is 13.4. The van der Waals surface area contributed by atoms with Gasteiger partial charge in [0, 0.05) is 56.5 Å². The summed E-state index contributed by atoms with van der Waals surface area (Å²) in [6.07, 6.45) is 4.47. The maximum absolute atomic E-state index is 14.2. The number of primary amides is 1. The normalized spacial score (nSPS) is 23.8. The Morgan fingerprint density at radius 1 is 1.02 bits per heavy atom. The van der Waals surface area contributed by atoms with E-state index in [9.17, 15) is 34.8 Å². The Balaban J connectivity index is 0.00000576. The molecule has 11 heteroatoms. The number of likely N-dealkylation sites (N-methyl/N-ethyl adjacent to an activating group) is 1. The van der Waals surface area contributed by atoms with E-state index >= 15 is 0 Å². The molecule has 0 spiro atoms. The van der Waals surface area contributed by atoms with Gasteiger partial charge in [0.15, 0.2) is 11.4 Å². The summed E-state index contributed by atoms with van der Waals surface area (Å²) in [5.41, 5.74) is 6.09. The number of phenols is 1. The zero-order valence-electron chi connectivity index (χ0n) is 27.4. The SMILES string of the molecule is C.CC(C)=CCN(CC=C(C)C)Cc1cc(N(C)C)c2c(c1O)C(O)=C1C(=O)[C@]3(O)C(O)=C(C(N)=O)C(=O)[C@@H](N(C)C)[C@@H]3C[C@@H]1C2. The Bertz CT molecular complexity index is 1540. The van der Waals surface area contributed by atoms with E-state index in [1.165, 1.54) is 4.90 Å². The quantitative estimate of drug-likeness (QED) is 0.200. The lowest BCUT2D eigenvalue weighted by molar-refractivity contribution is -0.153. The van der Waals surface area contributed by atoms with E-state index in [2.05, 4.69) is 17.1 Å². The van der Waals surface area contributed by atoms with Gasteiger partial charge in [-0.3, -0.25) is 24.2 Å². The lowest BCUT2D eigenvalue weighted by Gasteiger charge is -2.50. The topological polar surface area (TPSA) is 168 Å². The zero-order valence-corrected chi connectivity index (χ0v) is 27.4. The van der Waals surface area contributed by atoms with Gasteiger partial charge in [-0.15, -0.1) is 0 Å². The maximum Gasteiger partial charge on any atom is 0.255 e. The molecule has 0 aliphatic heterocycles. The maximum atomic E-state index is 14.2. The third kappa shape index (κ3) is 6.11. The molecule has 11 nitrogen and oxygen atoms in total. The van der Waals surface area contributed by atoms with Crippen molar-refractivity contribution >= 4 is 28.9 Å². The Morgan fingerprint density at radius 2 is 1.59 bits per heavy atom. The molecule has 46 heavy (non-hydrogen) atoms. The summed E-state index contributed by atoms with van der Waals surface area (Å²) in [6, 6.07) is 0.769. The number of rotatable bonds is 9. The largest absolute Gasteiger partial charge is 0.508 e. The van der Waals surface area contributed by atoms with Crippen molar-refractivity contribution in [3.05, 3.63) is 63.0 Å². The predicted molar refractivity (Wildman–Crippen MR) is 179 cm³/mol. The van der Waals surface area contributed by atoms with Crippen molar-refractivity contribution in [1.29, 1.82) is 0 Å². The Morgan fingerprint density at radius 3 is 2.07 bits per heavy atom. The molecule has 3 aliphatic rings. The van der Waals surface area contributed by atoms with Crippen LogP contribution < -0.4 is 10.6 Å². The van der Waals surface area contributed by atoms with Gasteiger partial charge in [-0.2, -0.15) is 0 Å². The summed E-state index contributed by atoms with van der Waals surface area (Å²) >= 11 is 0. The molecular formula is C35H50N4O7. The first-order valence-electron chi connectivity index (χ1n) is 15.1. The van der Waals surface area contributed by atoms with E-state index in [-0.39, 0.29) is 37.2 Å². The molecule has 1 aromatic rings. The van der Waals surface area contributed by atoms with Crippen LogP contribution in [0.5, 0.6) is 5.75 Å². The number of phenolic OH excluding ortho intramolecular Hbond substituents is 1. The van der Waals surface area contributed by atoms with Crippen LogP contribution in [0.1, 0.15) is 58.2 Å². The number of aliphatic hydroxyl groups excluding tert-OH is 2. The molecule has 0 aromatic heterocycles. The molecule has 1 saturated carbocycles. The number of ketones is 2. The summed E-state index contributed by atoms with van der Waals surface area (Å²) in [4.78, 5) is 45.3. The zero-order chi connectivity index (χ0) is 33.7. The second-order valence-corrected chi connectivity index (χ2v) is 13.4. The average molecular weight is 639 g/mol. The Hall–Kier alpha value is -3.93. The summed E-state index contributed by atoms with van der Waals surface area (Å²) in [5, 5.41) is 46.5. The molecule has 1 fully saturated rings. The van der Waals surface area contributed by atoms with Gasteiger partial charge in [-0.25, -0.2) is 0 Å². The van der Waals surface area contributed by atoms with Crippen molar-refractivity contribution < 1.29 is 34.8 Å². The molecule has 0 radical (unpaired) electrons. The molecule has 1 aromatic carbocycles. The minimum absolute atomic E-state index is 0. The fraction of sp³-hybridized carbons (Fsp3) is 0.514. The van der Waals surface area contributed by atoms with Crippen molar-refractivity contribution in [2.45, 2.75) is 66.2 Å². The average Bonchev–Trinajstić information content (AvgIpc) is 2.92. The van der Waals surface area contributed by atoms with Crippen LogP contribution in [0.15, 0.2) is 46.3 Å². The lowest BCUT2D eigenvalue weighted by atomic mass is 9.57. The van der Waals surface area contributed by atoms with Crippen LogP contribution in [0.2, 0.25) is 0 Å². The van der Waals surface area contributed by atoms with Crippen LogP contribution >= 0.6 is 0 Å². The van der Waals surface area contributed by atoms with Gasteiger partial charge in [0.05, 0.1) is 11.6 Å². The Labute approximate surface area is 272 Å². The summed E-state index contributed by atoms with van der Waals surface area (Å²) in [7, 11) is 6.88. The molecule has 4 atom stereocenters. The number of Topliss-reactive ketones (excluding diaryl/α,β-unsaturated/α-hetero) is 2. The van der Waals surface area contributed by atoms with Gasteiger partial charge < -0.3 is 31.1 Å². The van der Waals surface area contributed by atoms with E-state index in [1.807, 2.05) is 52.8 Å². The fourth-order valence-electron chi connectivity index (χ4n) is 6.93. The van der Waals surface area contributed by atoms with Gasteiger partial charge in [0.1, 0.15) is 22.8 Å². The molecule has 1 amide bonds. The highest BCUT2D eigenvalue weighted by Crippen LogP contribution is 2.54. The van der Waals surface area contributed by atoms with Gasteiger partial charge in [-0.1, -0.05) is 30.7 Å². The number of nitrogens with zero attached hydrogens (tertiary/aromatic N) is 3. The van der Waals surface area contributed by atoms with Crippen LogP contribution in [-0.4, -0.2) is 101 Å². The number of anilines is 1. The first kappa shape index (κ1) is 36.5. The highest BCUT2D eigenvalue weighted by Gasteiger charge is 2.64. The monoisotopic (exact) mass is 638 g/mol. The third-order valence-corrected chi connectivity index (χ3v) is 9.17. The molecular weight excluding hydrogens is 588 g/mol. The van der Waals surface area contributed by atoms with Gasteiger partial charge in [0.25, 0.3) is 5.91 Å². The standard InChI is InChI=1S/C34H46N4O7.CH4/c1-17(2)9-11-38(12-10-18(3)4)16-20-15-23(36(5)6)21-13-19-14-22-27(37(7)8)30(41)26(33(35)44)32(43)34(22,45)31(42)24(19)29(40)25(21)28(20)39;/h9-10,15,19,22,27,39-40,43,45H,11-14,16H2,1-8H3,(H2,35,44);1H4/t19-,22-,27-,34-;/m0./s1.